The van der Waals surface area contributed by atoms with E-state index in [1.54, 1.807) is 0 Å². The Hall–Kier alpha value is -8.08. The van der Waals surface area contributed by atoms with Gasteiger partial charge >= 0.3 is 0 Å². The largest absolute Gasteiger partial charge is 0.264 e. The van der Waals surface area contributed by atoms with Gasteiger partial charge in [-0.25, -0.2) is 0 Å². The maximum absolute atomic E-state index is 4.35. The highest BCUT2D eigenvalue weighted by Gasteiger charge is 1.99. The molecule has 0 spiro atoms. The molecule has 0 amide bonds. The maximum atomic E-state index is 4.35. The van der Waals surface area contributed by atoms with Gasteiger partial charge in [0.25, 0.3) is 0 Å². The van der Waals surface area contributed by atoms with Gasteiger partial charge < -0.3 is 0 Å². The van der Waals surface area contributed by atoms with Crippen molar-refractivity contribution in [1.82, 2.24) is 19.9 Å². The molecule has 0 aliphatic heterocycles. The molecule has 0 unspecified atom stereocenters. The second-order valence-electron chi connectivity index (χ2n) is 15.6. The van der Waals surface area contributed by atoms with Crippen molar-refractivity contribution in [3.63, 3.8) is 0 Å². The fourth-order valence-electron chi connectivity index (χ4n) is 6.62. The highest BCUT2D eigenvalue weighted by molar-refractivity contribution is 5.65. The van der Waals surface area contributed by atoms with Crippen LogP contribution in [0.2, 0.25) is 0 Å². The smallest absolute Gasteiger partial charge is 0.0704 e. The molecule has 4 heteroatoms. The lowest BCUT2D eigenvalue weighted by Crippen LogP contribution is -1.82. The fourth-order valence-corrected chi connectivity index (χ4v) is 6.62. The van der Waals surface area contributed by atoms with E-state index in [2.05, 4.69) is 162 Å². The Morgan fingerprint density at radius 2 is 0.738 bits per heavy atom. The topological polar surface area (TPSA) is 51.6 Å². The molecule has 0 aliphatic rings. The Morgan fingerprint density at radius 3 is 1.23 bits per heavy atom. The Bertz CT molecular complexity index is 2590. The van der Waals surface area contributed by atoms with Crippen LogP contribution in [0.4, 0.5) is 0 Å². The Morgan fingerprint density at radius 1 is 0.246 bits per heavy atom. The Labute approximate surface area is 386 Å². The van der Waals surface area contributed by atoms with Crippen LogP contribution in [0.5, 0.6) is 0 Å². The quantitative estimate of drug-likeness (QED) is 0.173. The van der Waals surface area contributed by atoms with Crippen LogP contribution in [-0.2, 0) is 0 Å². The summed E-state index contributed by atoms with van der Waals surface area (Å²) in [4.78, 5) is 17.1. The molecule has 65 heavy (non-hydrogen) atoms. The van der Waals surface area contributed by atoms with E-state index >= 15 is 0 Å². The van der Waals surface area contributed by atoms with Gasteiger partial charge in [-0.2, -0.15) is 0 Å². The van der Waals surface area contributed by atoms with Crippen molar-refractivity contribution in [2.75, 3.05) is 0 Å². The van der Waals surface area contributed by atoms with Crippen LogP contribution < -0.4 is 0 Å². The number of rotatable bonds is 5. The van der Waals surface area contributed by atoms with Crippen molar-refractivity contribution in [3.8, 4) is 55.9 Å². The predicted molar refractivity (Wildman–Crippen MR) is 274 cm³/mol. The van der Waals surface area contributed by atoms with Gasteiger partial charge in [-0.15, -0.1) is 0 Å². The van der Waals surface area contributed by atoms with Crippen LogP contribution in [0.25, 0.3) is 55.9 Å². The molecule has 0 atom stereocenters. The molecule has 4 nitrogen and oxygen atoms in total. The SMILES string of the molecule is Cc1ccc(-c2ccccc2)cn1.Cc1ccc(-c2ccccc2)nc1.Cc1cccc(-c2ccccc2)c1.Cc1ccnc(-c2ccccc2)c1.Cc1cncc(-c2ccccc2)c1. The predicted octanol–water partition coefficient (Wildman–Crippen LogP) is 15.9. The first-order chi connectivity index (χ1) is 31.8. The number of pyridine rings is 4. The molecule has 10 rings (SSSR count). The first-order valence-electron chi connectivity index (χ1n) is 21.8. The highest BCUT2D eigenvalue weighted by Crippen LogP contribution is 2.21. The monoisotopic (exact) mass is 844 g/mol. The molecule has 10 aromatic rings. The van der Waals surface area contributed by atoms with Gasteiger partial charge in [0.2, 0.25) is 0 Å². The van der Waals surface area contributed by atoms with Gasteiger partial charge in [-0.1, -0.05) is 194 Å². The molecule has 4 heterocycles. The minimum atomic E-state index is 1.03. The molecular formula is C61H56N4. The van der Waals surface area contributed by atoms with Crippen molar-refractivity contribution < 1.29 is 0 Å². The summed E-state index contributed by atoms with van der Waals surface area (Å²) in [5, 5.41) is 0. The zero-order valence-electron chi connectivity index (χ0n) is 38.0. The van der Waals surface area contributed by atoms with Crippen molar-refractivity contribution in [1.29, 1.82) is 0 Å². The summed E-state index contributed by atoms with van der Waals surface area (Å²) in [6.07, 6.45) is 9.40. The minimum absolute atomic E-state index is 1.03. The molecule has 0 radical (unpaired) electrons. The average Bonchev–Trinajstić information content (AvgIpc) is 3.37. The third kappa shape index (κ3) is 15.7. The van der Waals surface area contributed by atoms with E-state index in [4.69, 9.17) is 0 Å². The lowest BCUT2D eigenvalue weighted by molar-refractivity contribution is 1.20. The number of hydrogen-bond donors (Lipinski definition) is 0. The van der Waals surface area contributed by atoms with Gasteiger partial charge in [-0.3, -0.25) is 19.9 Å². The van der Waals surface area contributed by atoms with Gasteiger partial charge in [0, 0.05) is 58.9 Å². The summed E-state index contributed by atoms with van der Waals surface area (Å²) in [6.45, 7) is 10.3. The van der Waals surface area contributed by atoms with Crippen LogP contribution in [0.3, 0.4) is 0 Å². The van der Waals surface area contributed by atoms with Gasteiger partial charge in [0.15, 0.2) is 0 Å². The van der Waals surface area contributed by atoms with E-state index < -0.39 is 0 Å². The van der Waals surface area contributed by atoms with E-state index in [1.165, 1.54) is 66.8 Å². The summed E-state index contributed by atoms with van der Waals surface area (Å²) in [5.74, 6) is 0. The molecule has 0 N–H and O–H groups in total. The molecule has 0 saturated heterocycles. The molecule has 0 aliphatic carbocycles. The average molecular weight is 845 g/mol. The molecule has 6 aromatic carbocycles. The second kappa shape index (κ2) is 25.1. The van der Waals surface area contributed by atoms with E-state index in [-0.39, 0.29) is 0 Å². The molecule has 0 bridgehead atoms. The van der Waals surface area contributed by atoms with E-state index in [0.717, 1.165) is 17.1 Å². The number of hydrogen-bond acceptors (Lipinski definition) is 4. The molecule has 320 valence electrons. The van der Waals surface area contributed by atoms with Crippen LogP contribution in [0, 0.1) is 34.6 Å². The lowest BCUT2D eigenvalue weighted by atomic mass is 10.0. The normalized spacial score (nSPS) is 9.92. The van der Waals surface area contributed by atoms with E-state index in [0.29, 0.717) is 0 Å². The Kier molecular flexibility index (Phi) is 18.0. The maximum Gasteiger partial charge on any atom is 0.0704 e. The third-order valence-corrected chi connectivity index (χ3v) is 10.1. The van der Waals surface area contributed by atoms with E-state index in [9.17, 15) is 0 Å². The van der Waals surface area contributed by atoms with Crippen LogP contribution >= 0.6 is 0 Å². The summed E-state index contributed by atoms with van der Waals surface area (Å²) >= 11 is 0. The third-order valence-electron chi connectivity index (χ3n) is 10.1. The van der Waals surface area contributed by atoms with Crippen LogP contribution in [0.1, 0.15) is 27.9 Å². The molecular weight excluding hydrogens is 789 g/mol. The fraction of sp³-hybridized carbons (Fsp3) is 0.0820. The van der Waals surface area contributed by atoms with Gasteiger partial charge in [-0.05, 0) is 104 Å². The van der Waals surface area contributed by atoms with Gasteiger partial charge in [0.1, 0.15) is 0 Å². The summed E-state index contributed by atoms with van der Waals surface area (Å²) in [6, 6.07) is 74.5. The first-order valence-corrected chi connectivity index (χ1v) is 21.8. The summed E-state index contributed by atoms with van der Waals surface area (Å²) in [7, 11) is 0. The zero-order chi connectivity index (χ0) is 45.5. The lowest BCUT2D eigenvalue weighted by Gasteiger charge is -2.01. The van der Waals surface area contributed by atoms with Gasteiger partial charge in [0.05, 0.1) is 11.4 Å². The standard InChI is InChI=1S/C13H12.4C12H11N/c1-11-6-5-9-13(10-11)12-7-3-2-4-8-12;1-10-7-12(9-13-8-10)11-5-3-2-4-6-11;1-10-7-8-12(9-13-10)11-5-3-2-4-6-11;1-10-7-8-13-12(9-10)11-5-3-2-4-6-11;1-10-7-8-12(13-9-10)11-5-3-2-4-6-11/h2-10H,1H3;4*2-9H,1H3. The number of nitrogens with zero attached hydrogens (tertiary/aromatic N) is 4. The second-order valence-corrected chi connectivity index (χ2v) is 15.6. The molecule has 0 fully saturated rings. The summed E-state index contributed by atoms with van der Waals surface area (Å²) < 4.78 is 0. The number of aryl methyl sites for hydroxylation is 5. The van der Waals surface area contributed by atoms with Crippen LogP contribution in [-0.4, -0.2) is 19.9 Å². The molecule has 0 saturated carbocycles. The van der Waals surface area contributed by atoms with Crippen molar-refractivity contribution in [3.05, 3.63) is 277 Å². The van der Waals surface area contributed by atoms with E-state index in [1.807, 2.05) is 142 Å². The zero-order valence-corrected chi connectivity index (χ0v) is 38.0. The number of aromatic nitrogens is 4. The minimum Gasteiger partial charge on any atom is -0.264 e. The first kappa shape index (κ1) is 46.4. The van der Waals surface area contributed by atoms with Crippen molar-refractivity contribution in [2.45, 2.75) is 34.6 Å². The highest BCUT2D eigenvalue weighted by atomic mass is 14.7. The Balaban J connectivity index is 0.000000135. The summed E-state index contributed by atoms with van der Waals surface area (Å²) in [5.41, 5.74) is 17.8. The van der Waals surface area contributed by atoms with Crippen molar-refractivity contribution >= 4 is 0 Å². The molecule has 4 aromatic heterocycles. The van der Waals surface area contributed by atoms with Crippen molar-refractivity contribution in [2.24, 2.45) is 0 Å². The number of benzene rings is 6. The van der Waals surface area contributed by atoms with Crippen LogP contribution in [0.15, 0.2) is 249 Å².